The fraction of sp³-hybridized carbons (Fsp3) is 0.533. The molecule has 1 aromatic rings. The second-order valence-electron chi connectivity index (χ2n) is 5.71. The Labute approximate surface area is 119 Å². The molecule has 1 amide bonds. The van der Waals surface area contributed by atoms with E-state index >= 15 is 0 Å². The van der Waals surface area contributed by atoms with E-state index in [1.807, 2.05) is 18.2 Å². The molecule has 0 unspecified atom stereocenters. The summed E-state index contributed by atoms with van der Waals surface area (Å²) >= 11 is 0. The van der Waals surface area contributed by atoms with E-state index < -0.39 is 0 Å². The maximum absolute atomic E-state index is 12.6. The lowest BCUT2D eigenvalue weighted by Crippen LogP contribution is -2.49. The van der Waals surface area contributed by atoms with Gasteiger partial charge >= 0.3 is 0 Å². The fourth-order valence-electron chi connectivity index (χ4n) is 2.75. The summed E-state index contributed by atoms with van der Waals surface area (Å²) in [6.45, 7) is 5.23. The molecule has 20 heavy (non-hydrogen) atoms. The molecule has 0 atom stereocenters. The van der Waals surface area contributed by atoms with Gasteiger partial charge in [0.25, 0.3) is 5.91 Å². The minimum atomic E-state index is -0.167. The quantitative estimate of drug-likeness (QED) is 0.770. The third-order valence-corrected chi connectivity index (χ3v) is 4.06. The molecule has 0 aliphatic carbocycles. The van der Waals surface area contributed by atoms with Crippen molar-refractivity contribution in [2.45, 2.75) is 25.3 Å². The van der Waals surface area contributed by atoms with Crippen LogP contribution in [0.1, 0.15) is 30.1 Å². The molecule has 2 aliphatic rings. The average molecular weight is 275 g/mol. The van der Waals surface area contributed by atoms with Crippen LogP contribution in [0.3, 0.4) is 0 Å². The highest BCUT2D eigenvalue weighted by atomic mass is 16.5. The van der Waals surface area contributed by atoms with Crippen LogP contribution in [0.25, 0.3) is 0 Å². The van der Waals surface area contributed by atoms with Gasteiger partial charge in [-0.1, -0.05) is 6.07 Å². The Kier molecular flexibility index (Phi) is 3.53. The number of para-hydroxylation sites is 1. The number of anilines is 2. The Morgan fingerprint density at radius 2 is 2.00 bits per heavy atom. The van der Waals surface area contributed by atoms with Gasteiger partial charge in [-0.05, 0) is 31.9 Å². The number of hydrogen-bond donors (Lipinski definition) is 3. The minimum Gasteiger partial charge on any atom is -0.382 e. The summed E-state index contributed by atoms with van der Waals surface area (Å²) in [7, 11) is 0. The summed E-state index contributed by atoms with van der Waals surface area (Å²) in [4.78, 5) is 12.6. The van der Waals surface area contributed by atoms with Crippen molar-refractivity contribution in [3.8, 4) is 0 Å². The first kappa shape index (κ1) is 13.2. The molecule has 0 aromatic heterocycles. The van der Waals surface area contributed by atoms with Gasteiger partial charge < -0.3 is 20.7 Å². The van der Waals surface area contributed by atoms with Crippen LogP contribution >= 0.6 is 0 Å². The summed E-state index contributed by atoms with van der Waals surface area (Å²) in [6, 6.07) is 5.78. The van der Waals surface area contributed by atoms with Gasteiger partial charge in [-0.15, -0.1) is 0 Å². The van der Waals surface area contributed by atoms with Crippen LogP contribution in [-0.2, 0) is 4.74 Å². The molecule has 1 saturated heterocycles. The zero-order valence-corrected chi connectivity index (χ0v) is 11.8. The van der Waals surface area contributed by atoms with Crippen molar-refractivity contribution in [2.75, 3.05) is 36.9 Å². The molecular formula is C15H21N3O2. The number of carbonyl (C=O) groups excluding carboxylic acids is 1. The Morgan fingerprint density at radius 3 is 2.80 bits per heavy atom. The predicted molar refractivity (Wildman–Crippen MR) is 79.3 cm³/mol. The molecule has 2 heterocycles. The molecule has 2 aliphatic heterocycles. The molecule has 0 spiro atoms. The van der Waals surface area contributed by atoms with E-state index in [1.54, 1.807) is 0 Å². The molecule has 0 saturated carbocycles. The Morgan fingerprint density at radius 1 is 1.25 bits per heavy atom. The lowest BCUT2D eigenvalue weighted by Gasteiger charge is -2.35. The van der Waals surface area contributed by atoms with Gasteiger partial charge in [0, 0.05) is 31.8 Å². The predicted octanol–water partition coefficient (Wildman–Crippen LogP) is 1.82. The highest BCUT2D eigenvalue weighted by molar-refractivity contribution is 6.03. The summed E-state index contributed by atoms with van der Waals surface area (Å²) in [5.41, 5.74) is 2.45. The van der Waals surface area contributed by atoms with Crippen molar-refractivity contribution in [1.29, 1.82) is 0 Å². The smallest absolute Gasteiger partial charge is 0.253 e. The third-order valence-electron chi connectivity index (χ3n) is 4.06. The third kappa shape index (κ3) is 2.58. The van der Waals surface area contributed by atoms with Crippen molar-refractivity contribution in [3.05, 3.63) is 23.8 Å². The van der Waals surface area contributed by atoms with Crippen LogP contribution in [-0.4, -0.2) is 37.7 Å². The first-order chi connectivity index (χ1) is 9.68. The second-order valence-corrected chi connectivity index (χ2v) is 5.71. The molecule has 0 radical (unpaired) electrons. The van der Waals surface area contributed by atoms with Crippen molar-refractivity contribution in [1.82, 2.24) is 5.32 Å². The van der Waals surface area contributed by atoms with E-state index in [0.717, 1.165) is 37.3 Å². The molecule has 1 aromatic carbocycles. The van der Waals surface area contributed by atoms with Crippen LogP contribution in [0.2, 0.25) is 0 Å². The van der Waals surface area contributed by atoms with Crippen LogP contribution in [0, 0.1) is 0 Å². The first-order valence-electron chi connectivity index (χ1n) is 7.19. The van der Waals surface area contributed by atoms with Gasteiger partial charge in [-0.25, -0.2) is 0 Å². The number of rotatable bonds is 2. The molecule has 3 N–H and O–H groups in total. The highest BCUT2D eigenvalue weighted by Crippen LogP contribution is 2.29. The molecule has 5 nitrogen and oxygen atoms in total. The first-order valence-corrected chi connectivity index (χ1v) is 7.19. The Balaban J connectivity index is 1.80. The van der Waals surface area contributed by atoms with E-state index in [0.29, 0.717) is 18.8 Å². The largest absolute Gasteiger partial charge is 0.382 e. The lowest BCUT2D eigenvalue weighted by molar-refractivity contribution is 0.0423. The number of fused-ring (bicyclic) bond motifs is 1. The summed E-state index contributed by atoms with van der Waals surface area (Å²) in [5.74, 6) is -0.0116. The summed E-state index contributed by atoms with van der Waals surface area (Å²) < 4.78 is 5.37. The number of amides is 1. The van der Waals surface area contributed by atoms with E-state index in [-0.39, 0.29) is 11.4 Å². The Bertz CT molecular complexity index is 510. The zero-order valence-electron chi connectivity index (χ0n) is 11.8. The van der Waals surface area contributed by atoms with Crippen LogP contribution < -0.4 is 16.0 Å². The normalized spacial score (nSPS) is 20.2. The molecule has 108 valence electrons. The highest BCUT2D eigenvalue weighted by Gasteiger charge is 2.30. The molecule has 5 heteroatoms. The van der Waals surface area contributed by atoms with Crippen molar-refractivity contribution in [2.24, 2.45) is 0 Å². The number of ether oxygens (including phenoxy) is 1. The van der Waals surface area contributed by atoms with E-state index in [1.165, 1.54) is 0 Å². The monoisotopic (exact) mass is 275 g/mol. The maximum Gasteiger partial charge on any atom is 0.253 e. The van der Waals surface area contributed by atoms with Gasteiger partial charge in [-0.2, -0.15) is 0 Å². The van der Waals surface area contributed by atoms with E-state index in [2.05, 4.69) is 22.9 Å². The zero-order chi connectivity index (χ0) is 14.0. The lowest BCUT2D eigenvalue weighted by atomic mass is 9.92. The van der Waals surface area contributed by atoms with Gasteiger partial charge in [0.1, 0.15) is 0 Å². The maximum atomic E-state index is 12.6. The average Bonchev–Trinajstić information content (AvgIpc) is 2.47. The van der Waals surface area contributed by atoms with Crippen LogP contribution in [0.5, 0.6) is 0 Å². The standard InChI is InChI=1S/C15H21N3O2/c1-15(5-9-20-10-6-15)18-14(19)11-3-2-4-12-13(11)17-8-7-16-12/h2-4,16-17H,5-10H2,1H3,(H,18,19). The van der Waals surface area contributed by atoms with E-state index in [4.69, 9.17) is 4.74 Å². The molecule has 0 bridgehead atoms. The van der Waals surface area contributed by atoms with Crippen LogP contribution in [0.15, 0.2) is 18.2 Å². The topological polar surface area (TPSA) is 62.4 Å². The van der Waals surface area contributed by atoms with E-state index in [9.17, 15) is 4.79 Å². The fourth-order valence-corrected chi connectivity index (χ4v) is 2.75. The van der Waals surface area contributed by atoms with Crippen molar-refractivity contribution < 1.29 is 9.53 Å². The van der Waals surface area contributed by atoms with Gasteiger partial charge in [0.05, 0.1) is 16.9 Å². The molecule has 3 rings (SSSR count). The minimum absolute atomic E-state index is 0.0116. The van der Waals surface area contributed by atoms with Crippen LogP contribution in [0.4, 0.5) is 11.4 Å². The SMILES string of the molecule is CC1(NC(=O)c2cccc3c2NCCN3)CCOCC1. The summed E-state index contributed by atoms with van der Waals surface area (Å²) in [5, 5.41) is 9.80. The number of hydrogen-bond acceptors (Lipinski definition) is 4. The van der Waals surface area contributed by atoms with Gasteiger partial charge in [0.2, 0.25) is 0 Å². The number of nitrogens with one attached hydrogen (secondary N) is 3. The van der Waals surface area contributed by atoms with Crippen molar-refractivity contribution in [3.63, 3.8) is 0 Å². The van der Waals surface area contributed by atoms with Gasteiger partial charge in [0.15, 0.2) is 0 Å². The second kappa shape index (κ2) is 5.32. The Hall–Kier alpha value is -1.75. The molecular weight excluding hydrogens is 254 g/mol. The number of benzene rings is 1. The van der Waals surface area contributed by atoms with Crippen molar-refractivity contribution >= 4 is 17.3 Å². The number of carbonyl (C=O) groups is 1. The summed E-state index contributed by atoms with van der Waals surface area (Å²) in [6.07, 6.45) is 1.72. The molecule has 1 fully saturated rings. The van der Waals surface area contributed by atoms with Gasteiger partial charge in [-0.3, -0.25) is 4.79 Å².